The van der Waals surface area contributed by atoms with E-state index in [0.717, 1.165) is 50.5 Å². The van der Waals surface area contributed by atoms with Gasteiger partial charge in [0.1, 0.15) is 10.6 Å². The largest absolute Gasteiger partial charge is 0.497 e. The molecule has 0 bridgehead atoms. The Balaban J connectivity index is 1.62. The fourth-order valence-electron chi connectivity index (χ4n) is 4.28. The third kappa shape index (κ3) is 2.32. The summed E-state index contributed by atoms with van der Waals surface area (Å²) in [5, 5.41) is 3.89. The normalized spacial score (nSPS) is 12.9. The minimum Gasteiger partial charge on any atom is -0.497 e. The van der Waals surface area contributed by atoms with E-state index in [9.17, 15) is 4.79 Å². The Morgan fingerprint density at radius 1 is 1.17 bits per heavy atom. The van der Waals surface area contributed by atoms with Crippen LogP contribution in [0, 0.1) is 0 Å². The molecule has 29 heavy (non-hydrogen) atoms. The van der Waals surface area contributed by atoms with Crippen LogP contribution in [-0.2, 0) is 13.0 Å². The molecule has 0 amide bonds. The number of ether oxygens (including phenoxy) is 1. The topological polar surface area (TPSA) is 59.9 Å². The first kappa shape index (κ1) is 16.6. The first-order valence-corrected chi connectivity index (χ1v) is 10.4. The Morgan fingerprint density at radius 3 is 2.86 bits per heavy atom. The lowest BCUT2D eigenvalue weighted by molar-refractivity contribution is 0.415. The van der Waals surface area contributed by atoms with Crippen molar-refractivity contribution in [3.8, 4) is 28.4 Å². The van der Waals surface area contributed by atoms with E-state index in [2.05, 4.69) is 11.1 Å². The summed E-state index contributed by atoms with van der Waals surface area (Å²) in [5.41, 5.74) is 5.22. The predicted molar refractivity (Wildman–Crippen MR) is 117 cm³/mol. The highest BCUT2D eigenvalue weighted by Gasteiger charge is 2.25. The molecule has 4 heterocycles. The second kappa shape index (κ2) is 6.06. The molecule has 142 valence electrons. The van der Waals surface area contributed by atoms with Gasteiger partial charge in [0.25, 0.3) is 5.56 Å². The third-order valence-electron chi connectivity index (χ3n) is 5.70. The monoisotopic (exact) mass is 399 g/mol. The molecule has 0 saturated carbocycles. The number of hydrogen-bond donors (Lipinski definition) is 1. The van der Waals surface area contributed by atoms with Gasteiger partial charge in [-0.2, -0.15) is 0 Å². The number of benzene rings is 2. The molecule has 5 nitrogen and oxygen atoms in total. The summed E-state index contributed by atoms with van der Waals surface area (Å²) in [4.78, 5) is 22.6. The molecule has 6 heteroatoms. The molecule has 5 aromatic rings. The lowest BCUT2D eigenvalue weighted by Crippen LogP contribution is -2.27. The number of H-pyrrole nitrogens is 1. The number of nitrogens with zero attached hydrogens (tertiary/aromatic N) is 2. The van der Waals surface area contributed by atoms with E-state index < -0.39 is 0 Å². The number of fused-ring (bicyclic) bond motifs is 6. The zero-order valence-electron chi connectivity index (χ0n) is 15.7. The molecule has 0 saturated heterocycles. The Morgan fingerprint density at radius 2 is 2.03 bits per heavy atom. The van der Waals surface area contributed by atoms with Gasteiger partial charge in [0, 0.05) is 28.4 Å². The maximum absolute atomic E-state index is 13.4. The molecular formula is C23H17N3O2S. The number of methoxy groups -OCH3 is 1. The second-order valence-corrected chi connectivity index (χ2v) is 8.09. The molecule has 0 atom stereocenters. The molecule has 0 aliphatic carbocycles. The van der Waals surface area contributed by atoms with Gasteiger partial charge in [0.2, 0.25) is 0 Å². The van der Waals surface area contributed by atoms with Gasteiger partial charge in [-0.25, -0.2) is 4.98 Å². The molecular weight excluding hydrogens is 382 g/mol. The van der Waals surface area contributed by atoms with Crippen LogP contribution in [0.3, 0.4) is 0 Å². The molecule has 0 unspecified atom stereocenters. The lowest BCUT2D eigenvalue weighted by Gasteiger charge is -2.18. The summed E-state index contributed by atoms with van der Waals surface area (Å²) in [5.74, 6) is 1.55. The lowest BCUT2D eigenvalue weighted by atomic mass is 10.0. The van der Waals surface area contributed by atoms with Gasteiger partial charge in [-0.15, -0.1) is 11.3 Å². The minimum atomic E-state index is 0.0342. The summed E-state index contributed by atoms with van der Waals surface area (Å²) < 4.78 is 7.21. The summed E-state index contributed by atoms with van der Waals surface area (Å²) >= 11 is 1.53. The smallest absolute Gasteiger partial charge is 0.263 e. The highest BCUT2D eigenvalue weighted by atomic mass is 32.1. The third-order valence-corrected chi connectivity index (χ3v) is 6.57. The molecule has 1 aliphatic rings. The summed E-state index contributed by atoms with van der Waals surface area (Å²) in [6, 6.07) is 16.1. The molecule has 0 spiro atoms. The van der Waals surface area contributed by atoms with Gasteiger partial charge in [0.05, 0.1) is 18.2 Å². The molecule has 1 N–H and O–H groups in total. The predicted octanol–water partition coefficient (Wildman–Crippen LogP) is 4.84. The minimum absolute atomic E-state index is 0.0342. The fourth-order valence-corrected chi connectivity index (χ4v) is 5.22. The number of aromatic amines is 1. The van der Waals surface area contributed by atoms with Crippen molar-refractivity contribution in [3.63, 3.8) is 0 Å². The van der Waals surface area contributed by atoms with Gasteiger partial charge >= 0.3 is 0 Å². The number of hydrogen-bond acceptors (Lipinski definition) is 4. The van der Waals surface area contributed by atoms with Crippen LogP contribution in [0.15, 0.2) is 58.7 Å². The second-order valence-electron chi connectivity index (χ2n) is 7.23. The molecule has 1 aliphatic heterocycles. The van der Waals surface area contributed by atoms with Crippen LogP contribution in [0.2, 0.25) is 0 Å². The van der Waals surface area contributed by atoms with E-state index in [-0.39, 0.29) is 5.56 Å². The maximum Gasteiger partial charge on any atom is 0.263 e. The number of aryl methyl sites for hydroxylation is 1. The van der Waals surface area contributed by atoms with Gasteiger partial charge in [-0.3, -0.25) is 9.36 Å². The zero-order chi connectivity index (χ0) is 19.5. The quantitative estimate of drug-likeness (QED) is 0.462. The van der Waals surface area contributed by atoms with E-state index in [1.165, 1.54) is 16.9 Å². The molecule has 2 aromatic carbocycles. The standard InChI is InChI=1S/C23H17N3O2S/c1-28-14-7-8-18-16(11-14)15-9-10-26-21(20(15)24-18)25-22-19(23(26)27)17(12-29-22)13-5-3-2-4-6-13/h2-8,11-12,24H,9-10H2,1H3. The van der Waals surface area contributed by atoms with Gasteiger partial charge in [-0.1, -0.05) is 30.3 Å². The van der Waals surface area contributed by atoms with Crippen molar-refractivity contribution >= 4 is 32.5 Å². The Bertz CT molecular complexity index is 1460. The summed E-state index contributed by atoms with van der Waals surface area (Å²) in [6.45, 7) is 0.623. The van der Waals surface area contributed by atoms with E-state index in [1.807, 2.05) is 52.4 Å². The Kier molecular flexibility index (Phi) is 3.46. The number of rotatable bonds is 2. The highest BCUT2D eigenvalue weighted by Crippen LogP contribution is 2.37. The zero-order valence-corrected chi connectivity index (χ0v) is 16.5. The van der Waals surface area contributed by atoms with Crippen molar-refractivity contribution in [2.24, 2.45) is 0 Å². The highest BCUT2D eigenvalue weighted by molar-refractivity contribution is 7.17. The first-order chi connectivity index (χ1) is 14.2. The molecule has 0 radical (unpaired) electrons. The van der Waals surface area contributed by atoms with Crippen molar-refractivity contribution < 1.29 is 4.74 Å². The molecule has 3 aromatic heterocycles. The van der Waals surface area contributed by atoms with Crippen LogP contribution >= 0.6 is 11.3 Å². The van der Waals surface area contributed by atoms with Crippen LogP contribution in [0.1, 0.15) is 5.56 Å². The molecule has 6 rings (SSSR count). The Hall–Kier alpha value is -3.38. The Labute approximate surface area is 170 Å². The van der Waals surface area contributed by atoms with Crippen molar-refractivity contribution in [2.45, 2.75) is 13.0 Å². The average molecular weight is 399 g/mol. The number of nitrogens with one attached hydrogen (secondary N) is 1. The van der Waals surface area contributed by atoms with Crippen molar-refractivity contribution in [2.75, 3.05) is 7.11 Å². The van der Waals surface area contributed by atoms with Crippen molar-refractivity contribution in [3.05, 3.63) is 69.8 Å². The van der Waals surface area contributed by atoms with Crippen LogP contribution in [-0.4, -0.2) is 21.6 Å². The fraction of sp³-hybridized carbons (Fsp3) is 0.130. The van der Waals surface area contributed by atoms with Crippen molar-refractivity contribution in [1.29, 1.82) is 0 Å². The summed E-state index contributed by atoms with van der Waals surface area (Å²) in [7, 11) is 1.68. The van der Waals surface area contributed by atoms with Crippen molar-refractivity contribution in [1.82, 2.24) is 14.5 Å². The summed E-state index contributed by atoms with van der Waals surface area (Å²) in [6.07, 6.45) is 0.785. The van der Waals surface area contributed by atoms with Gasteiger partial charge in [0.15, 0.2) is 5.82 Å². The first-order valence-electron chi connectivity index (χ1n) is 9.51. The van der Waals surface area contributed by atoms with E-state index in [1.54, 1.807) is 7.11 Å². The van der Waals surface area contributed by atoms with Gasteiger partial charge in [-0.05, 0) is 35.7 Å². The van der Waals surface area contributed by atoms with E-state index in [4.69, 9.17) is 9.72 Å². The number of thiophene rings is 1. The maximum atomic E-state index is 13.4. The SMILES string of the molecule is COc1ccc2[nH]c3c(c2c1)CCn1c-3nc2scc(-c3ccccc3)c2c1=O. The average Bonchev–Trinajstić information content (AvgIpc) is 3.36. The van der Waals surface area contributed by atoms with Crippen LogP contribution in [0.25, 0.3) is 43.8 Å². The molecule has 0 fully saturated rings. The van der Waals surface area contributed by atoms with Crippen LogP contribution in [0.5, 0.6) is 5.75 Å². The van der Waals surface area contributed by atoms with Gasteiger partial charge < -0.3 is 9.72 Å². The van der Waals surface area contributed by atoms with Crippen LogP contribution < -0.4 is 10.3 Å². The van der Waals surface area contributed by atoms with E-state index >= 15 is 0 Å². The van der Waals surface area contributed by atoms with Crippen LogP contribution in [0.4, 0.5) is 0 Å². The van der Waals surface area contributed by atoms with E-state index in [0.29, 0.717) is 11.9 Å². The number of aromatic nitrogens is 3.